The van der Waals surface area contributed by atoms with Crippen molar-refractivity contribution in [1.29, 1.82) is 0 Å². The van der Waals surface area contributed by atoms with Crippen LogP contribution in [0.1, 0.15) is 33.4 Å². The molecule has 0 radical (unpaired) electrons. The van der Waals surface area contributed by atoms with Crippen molar-refractivity contribution in [2.75, 3.05) is 0 Å². The van der Waals surface area contributed by atoms with Gasteiger partial charge in [-0.1, -0.05) is 46.4 Å². The van der Waals surface area contributed by atoms with Crippen molar-refractivity contribution in [3.8, 4) is 0 Å². The van der Waals surface area contributed by atoms with E-state index in [2.05, 4.69) is 41.5 Å². The van der Waals surface area contributed by atoms with Crippen molar-refractivity contribution >= 4 is 58.0 Å². The Bertz CT molecular complexity index is 635. The molecular weight excluding hydrogens is 390 g/mol. The molecule has 1 aliphatic rings. The maximum absolute atomic E-state index is 11.0. The highest BCUT2D eigenvalue weighted by Crippen LogP contribution is 2.32. The molecule has 0 unspecified atom stereocenters. The zero-order valence-corrected chi connectivity index (χ0v) is 17.4. The van der Waals surface area contributed by atoms with E-state index in [-0.39, 0.29) is 0 Å². The number of carbonyl (C=O) groups excluding carboxylic acids is 2. The summed E-state index contributed by atoms with van der Waals surface area (Å²) < 4.78 is 0. The molecule has 2 nitrogen and oxygen atoms in total. The van der Waals surface area contributed by atoms with Crippen LogP contribution in [0, 0.1) is 41.5 Å². The van der Waals surface area contributed by atoms with Crippen LogP contribution in [-0.2, 0) is 9.59 Å². The highest BCUT2D eigenvalue weighted by molar-refractivity contribution is 6.69. The normalized spacial score (nSPS) is 14.9. The first-order valence-corrected chi connectivity index (χ1v) is 8.68. The summed E-state index contributed by atoms with van der Waals surface area (Å²) >= 11 is 21.5. The molecule has 130 valence electrons. The van der Waals surface area contributed by atoms with Gasteiger partial charge in [-0.15, -0.1) is 0 Å². The largest absolute Gasteiger partial charge is 0.286 e. The van der Waals surface area contributed by atoms with Crippen LogP contribution in [0.25, 0.3) is 0 Å². The van der Waals surface area contributed by atoms with Gasteiger partial charge in [0.2, 0.25) is 11.6 Å². The number of carbonyl (C=O) groups is 2. The number of benzene rings is 1. The predicted molar refractivity (Wildman–Crippen MR) is 102 cm³/mol. The summed E-state index contributed by atoms with van der Waals surface area (Å²) in [5, 5.41) is -1.57. The maximum atomic E-state index is 11.0. The minimum Gasteiger partial charge on any atom is -0.286 e. The van der Waals surface area contributed by atoms with Gasteiger partial charge < -0.3 is 0 Å². The lowest BCUT2D eigenvalue weighted by atomic mass is 9.90. The number of halogens is 4. The van der Waals surface area contributed by atoms with Crippen molar-refractivity contribution in [1.82, 2.24) is 0 Å². The van der Waals surface area contributed by atoms with E-state index in [1.54, 1.807) is 0 Å². The summed E-state index contributed by atoms with van der Waals surface area (Å²) in [6.07, 6.45) is 0. The first-order chi connectivity index (χ1) is 10.9. The standard InChI is InChI=1S/C12H18.C6Cl4O2/c1-7-8(2)10(4)12(6)11(5)9(7)3;7-1-2(8)6(12)4(10)3(9)5(1)11/h1-6H3;. The molecule has 0 saturated heterocycles. The second kappa shape index (κ2) is 8.05. The van der Waals surface area contributed by atoms with Gasteiger partial charge in [0.15, 0.2) is 0 Å². The average molecular weight is 408 g/mol. The summed E-state index contributed by atoms with van der Waals surface area (Å²) in [6.45, 7) is 13.3. The third kappa shape index (κ3) is 3.88. The summed E-state index contributed by atoms with van der Waals surface area (Å²) in [4.78, 5) is 22.0. The van der Waals surface area contributed by atoms with Crippen LogP contribution < -0.4 is 0 Å². The van der Waals surface area contributed by atoms with Crippen molar-refractivity contribution in [3.05, 3.63) is 53.5 Å². The van der Waals surface area contributed by atoms with Crippen LogP contribution in [0.15, 0.2) is 20.1 Å². The minimum absolute atomic E-state index is 0.393. The molecule has 0 atom stereocenters. The SMILES string of the molecule is Cc1c(C)c(C)c(C)c(C)c1C.O=C1C(Cl)=C(Cl)C(=O)C(Cl)=C1Cl. The number of rotatable bonds is 0. The molecule has 1 aromatic rings. The molecule has 1 aliphatic carbocycles. The minimum atomic E-state index is -0.729. The van der Waals surface area contributed by atoms with Gasteiger partial charge in [0, 0.05) is 0 Å². The Balaban J connectivity index is 0.000000240. The van der Waals surface area contributed by atoms with Gasteiger partial charge in [-0.2, -0.15) is 0 Å². The second-order valence-electron chi connectivity index (χ2n) is 5.66. The molecular formula is C18H18Cl4O2. The molecule has 0 N–H and O–H groups in total. The number of hydrogen-bond acceptors (Lipinski definition) is 2. The summed E-state index contributed by atoms with van der Waals surface area (Å²) in [5.41, 5.74) is 8.73. The molecule has 0 aromatic heterocycles. The molecule has 24 heavy (non-hydrogen) atoms. The highest BCUT2D eigenvalue weighted by Gasteiger charge is 2.31. The Morgan fingerprint density at radius 3 is 0.667 bits per heavy atom. The van der Waals surface area contributed by atoms with Crippen LogP contribution in [-0.4, -0.2) is 11.6 Å². The fourth-order valence-electron chi connectivity index (χ4n) is 2.28. The van der Waals surface area contributed by atoms with E-state index >= 15 is 0 Å². The second-order valence-corrected chi connectivity index (χ2v) is 7.18. The van der Waals surface area contributed by atoms with Crippen LogP contribution in [0.3, 0.4) is 0 Å². The topological polar surface area (TPSA) is 34.1 Å². The lowest BCUT2D eigenvalue weighted by molar-refractivity contribution is -0.114. The van der Waals surface area contributed by atoms with Crippen LogP contribution in [0.4, 0.5) is 0 Å². The van der Waals surface area contributed by atoms with Crippen LogP contribution in [0.2, 0.25) is 0 Å². The zero-order chi connectivity index (χ0) is 18.9. The summed E-state index contributed by atoms with van der Waals surface area (Å²) in [6, 6.07) is 0. The Morgan fingerprint density at radius 1 is 0.417 bits per heavy atom. The van der Waals surface area contributed by atoms with E-state index in [1.165, 1.54) is 33.4 Å². The molecule has 0 fully saturated rings. The summed E-state index contributed by atoms with van der Waals surface area (Å²) in [7, 11) is 0. The van der Waals surface area contributed by atoms with Gasteiger partial charge in [0.1, 0.15) is 20.1 Å². The van der Waals surface area contributed by atoms with Crippen molar-refractivity contribution in [3.63, 3.8) is 0 Å². The molecule has 0 heterocycles. The van der Waals surface area contributed by atoms with Crippen molar-refractivity contribution < 1.29 is 9.59 Å². The third-order valence-electron chi connectivity index (χ3n) is 4.56. The third-order valence-corrected chi connectivity index (χ3v) is 6.19. The molecule has 0 spiro atoms. The smallest absolute Gasteiger partial charge is 0.219 e. The molecule has 6 heteroatoms. The van der Waals surface area contributed by atoms with Gasteiger partial charge in [-0.25, -0.2) is 0 Å². The monoisotopic (exact) mass is 406 g/mol. The predicted octanol–water partition coefficient (Wildman–Crippen LogP) is 6.05. The van der Waals surface area contributed by atoms with E-state index < -0.39 is 31.7 Å². The highest BCUT2D eigenvalue weighted by atomic mass is 35.5. The number of Topliss-reactive ketones (excluding diaryl/α,β-unsaturated/α-hetero) is 2. The van der Waals surface area contributed by atoms with Crippen molar-refractivity contribution in [2.45, 2.75) is 41.5 Å². The lowest BCUT2D eigenvalue weighted by Gasteiger charge is -2.15. The zero-order valence-electron chi connectivity index (χ0n) is 14.3. The van der Waals surface area contributed by atoms with Crippen molar-refractivity contribution in [2.24, 2.45) is 0 Å². The van der Waals surface area contributed by atoms with E-state index in [1.807, 2.05) is 0 Å². The molecule has 0 saturated carbocycles. The summed E-state index contributed by atoms with van der Waals surface area (Å²) in [5.74, 6) is -1.46. The van der Waals surface area contributed by atoms with E-state index in [0.717, 1.165) is 0 Å². The van der Waals surface area contributed by atoms with E-state index in [0.29, 0.717) is 0 Å². The quantitative estimate of drug-likeness (QED) is 0.490. The number of ketones is 2. The van der Waals surface area contributed by atoms with Gasteiger partial charge in [-0.05, 0) is 74.9 Å². The van der Waals surface area contributed by atoms with Gasteiger partial charge in [-0.3, -0.25) is 9.59 Å². The Labute approximate surface area is 162 Å². The van der Waals surface area contributed by atoms with Crippen LogP contribution >= 0.6 is 46.4 Å². The van der Waals surface area contributed by atoms with Gasteiger partial charge in [0.25, 0.3) is 0 Å². The lowest BCUT2D eigenvalue weighted by Crippen LogP contribution is -2.14. The first-order valence-electron chi connectivity index (χ1n) is 7.16. The fourth-order valence-corrected chi connectivity index (χ4v) is 3.10. The molecule has 2 rings (SSSR count). The Hall–Kier alpha value is -0.800. The molecule has 1 aromatic carbocycles. The molecule has 0 amide bonds. The van der Waals surface area contributed by atoms with Crippen LogP contribution in [0.5, 0.6) is 0 Å². The Morgan fingerprint density at radius 2 is 0.542 bits per heavy atom. The molecule has 0 bridgehead atoms. The number of allylic oxidation sites excluding steroid dienone is 4. The van der Waals surface area contributed by atoms with E-state index in [4.69, 9.17) is 46.4 Å². The van der Waals surface area contributed by atoms with E-state index in [9.17, 15) is 9.59 Å². The number of hydrogen-bond donors (Lipinski definition) is 0. The van der Waals surface area contributed by atoms with Gasteiger partial charge in [0.05, 0.1) is 0 Å². The molecule has 0 aliphatic heterocycles. The Kier molecular flexibility index (Phi) is 7.13. The fraction of sp³-hybridized carbons (Fsp3) is 0.333. The van der Waals surface area contributed by atoms with Gasteiger partial charge >= 0.3 is 0 Å². The first kappa shape index (κ1) is 21.2. The average Bonchev–Trinajstić information content (AvgIpc) is 2.58. The maximum Gasteiger partial charge on any atom is 0.219 e.